The van der Waals surface area contributed by atoms with Crippen molar-refractivity contribution in [3.05, 3.63) is 48.3 Å². The topological polar surface area (TPSA) is 18.5 Å². The van der Waals surface area contributed by atoms with E-state index in [-0.39, 0.29) is 11.9 Å². The van der Waals surface area contributed by atoms with Gasteiger partial charge >= 0.3 is 0 Å². The quantitative estimate of drug-likeness (QED) is 0.450. The number of hydrogen-bond donors (Lipinski definition) is 0. The van der Waals surface area contributed by atoms with E-state index in [1.165, 1.54) is 45.3 Å². The zero-order valence-electron chi connectivity index (χ0n) is 15.6. The van der Waals surface area contributed by atoms with Gasteiger partial charge in [0.1, 0.15) is 17.3 Å². The molecule has 3 heteroatoms. The van der Waals surface area contributed by atoms with Crippen LogP contribution in [0.15, 0.2) is 42.5 Å². The molecule has 0 saturated carbocycles. The molecule has 0 aliphatic carbocycles. The molecular formula is C22H29FO2. The summed E-state index contributed by atoms with van der Waals surface area (Å²) in [6.07, 6.45) is 7.65. The smallest absolute Gasteiger partial charge is 0.134 e. The van der Waals surface area contributed by atoms with Crippen molar-refractivity contribution in [1.82, 2.24) is 0 Å². The molecular weight excluding hydrogens is 315 g/mol. The van der Waals surface area contributed by atoms with Gasteiger partial charge in [-0.1, -0.05) is 44.7 Å². The minimum atomic E-state index is -0.284. The van der Waals surface area contributed by atoms with Crippen LogP contribution in [0, 0.1) is 5.82 Å². The first-order valence-electron chi connectivity index (χ1n) is 9.24. The first-order chi connectivity index (χ1) is 12.1. The normalized spacial score (nSPS) is 12.0. The monoisotopic (exact) mass is 344 g/mol. The van der Waals surface area contributed by atoms with Crippen LogP contribution < -0.4 is 9.47 Å². The summed E-state index contributed by atoms with van der Waals surface area (Å²) in [7, 11) is 1.53. The second-order valence-corrected chi connectivity index (χ2v) is 6.50. The van der Waals surface area contributed by atoms with E-state index in [4.69, 9.17) is 9.47 Å². The second kappa shape index (κ2) is 10.1. The number of rotatable bonds is 10. The van der Waals surface area contributed by atoms with Crippen molar-refractivity contribution < 1.29 is 13.9 Å². The zero-order valence-corrected chi connectivity index (χ0v) is 15.6. The van der Waals surface area contributed by atoms with Crippen molar-refractivity contribution in [2.24, 2.45) is 0 Å². The van der Waals surface area contributed by atoms with Gasteiger partial charge in [0.05, 0.1) is 13.2 Å². The minimum Gasteiger partial charge on any atom is -0.497 e. The van der Waals surface area contributed by atoms with E-state index in [0.717, 1.165) is 17.7 Å². The highest BCUT2D eigenvalue weighted by Crippen LogP contribution is 2.28. The van der Waals surface area contributed by atoms with E-state index < -0.39 is 0 Å². The van der Waals surface area contributed by atoms with Crippen molar-refractivity contribution in [2.45, 2.75) is 58.5 Å². The lowest BCUT2D eigenvalue weighted by Crippen LogP contribution is -2.11. The Balaban J connectivity index is 1.89. The molecule has 0 aromatic heterocycles. The molecule has 0 radical (unpaired) electrons. The number of halogens is 1. The summed E-state index contributed by atoms with van der Waals surface area (Å²) < 4.78 is 25.2. The third-order valence-corrected chi connectivity index (χ3v) is 4.39. The minimum absolute atomic E-state index is 0.199. The Labute approximate surface area is 151 Å². The van der Waals surface area contributed by atoms with Crippen LogP contribution in [0.2, 0.25) is 0 Å². The lowest BCUT2D eigenvalue weighted by atomic mass is 10.0. The molecule has 2 aromatic rings. The fourth-order valence-corrected chi connectivity index (χ4v) is 2.90. The molecule has 0 saturated heterocycles. The molecule has 0 aliphatic rings. The molecule has 1 atom stereocenters. The Morgan fingerprint density at radius 3 is 2.24 bits per heavy atom. The SMILES string of the molecule is CCCCCCCC(C)Oc1ccc(-c2ccc(OC)cc2F)cc1. The molecule has 136 valence electrons. The van der Waals surface area contributed by atoms with Gasteiger partial charge in [0.2, 0.25) is 0 Å². The lowest BCUT2D eigenvalue weighted by molar-refractivity contribution is 0.206. The van der Waals surface area contributed by atoms with Crippen molar-refractivity contribution in [2.75, 3.05) is 7.11 Å². The van der Waals surface area contributed by atoms with Crippen LogP contribution in [0.4, 0.5) is 4.39 Å². The Morgan fingerprint density at radius 1 is 0.920 bits per heavy atom. The molecule has 2 nitrogen and oxygen atoms in total. The largest absolute Gasteiger partial charge is 0.497 e. The standard InChI is InChI=1S/C22H29FO2/c1-4-5-6-7-8-9-17(2)25-19-12-10-18(11-13-19)21-15-14-20(24-3)16-22(21)23/h10-17H,4-9H2,1-3H3. The first-order valence-corrected chi connectivity index (χ1v) is 9.24. The van der Waals surface area contributed by atoms with Crippen LogP contribution in [0.3, 0.4) is 0 Å². The summed E-state index contributed by atoms with van der Waals surface area (Å²) in [6.45, 7) is 4.34. The van der Waals surface area contributed by atoms with E-state index in [1.54, 1.807) is 12.1 Å². The van der Waals surface area contributed by atoms with Gasteiger partial charge in [-0.2, -0.15) is 0 Å². The van der Waals surface area contributed by atoms with Crippen LogP contribution >= 0.6 is 0 Å². The van der Waals surface area contributed by atoms with Crippen LogP contribution in [0.1, 0.15) is 52.4 Å². The van der Waals surface area contributed by atoms with E-state index in [1.807, 2.05) is 24.3 Å². The highest BCUT2D eigenvalue weighted by Gasteiger charge is 2.08. The third-order valence-electron chi connectivity index (χ3n) is 4.39. The van der Waals surface area contributed by atoms with Gasteiger partial charge < -0.3 is 9.47 Å². The molecule has 0 bridgehead atoms. The fourth-order valence-electron chi connectivity index (χ4n) is 2.90. The van der Waals surface area contributed by atoms with Gasteiger partial charge in [0.25, 0.3) is 0 Å². The average Bonchev–Trinajstić information content (AvgIpc) is 2.62. The molecule has 0 spiro atoms. The summed E-state index contributed by atoms with van der Waals surface area (Å²) in [5, 5.41) is 0. The average molecular weight is 344 g/mol. The Morgan fingerprint density at radius 2 is 1.60 bits per heavy atom. The Hall–Kier alpha value is -2.03. The summed E-state index contributed by atoms with van der Waals surface area (Å²) in [6, 6.07) is 12.5. The van der Waals surface area contributed by atoms with Crippen LogP contribution in [-0.4, -0.2) is 13.2 Å². The molecule has 0 N–H and O–H groups in total. The van der Waals surface area contributed by atoms with Crippen LogP contribution in [0.5, 0.6) is 11.5 Å². The third kappa shape index (κ3) is 6.08. The molecule has 0 aliphatic heterocycles. The zero-order chi connectivity index (χ0) is 18.1. The highest BCUT2D eigenvalue weighted by molar-refractivity contribution is 5.65. The summed E-state index contributed by atoms with van der Waals surface area (Å²) >= 11 is 0. The van der Waals surface area contributed by atoms with Crippen molar-refractivity contribution >= 4 is 0 Å². The maximum Gasteiger partial charge on any atom is 0.134 e. The van der Waals surface area contributed by atoms with E-state index >= 15 is 0 Å². The van der Waals surface area contributed by atoms with E-state index in [0.29, 0.717) is 11.3 Å². The Kier molecular flexibility index (Phi) is 7.77. The van der Waals surface area contributed by atoms with Gasteiger partial charge in [-0.25, -0.2) is 4.39 Å². The second-order valence-electron chi connectivity index (χ2n) is 6.50. The molecule has 0 heterocycles. The van der Waals surface area contributed by atoms with Gasteiger partial charge in [-0.15, -0.1) is 0 Å². The predicted molar refractivity (Wildman–Crippen MR) is 102 cm³/mol. The number of methoxy groups -OCH3 is 1. The number of unbranched alkanes of at least 4 members (excludes halogenated alkanes) is 4. The number of benzene rings is 2. The van der Waals surface area contributed by atoms with Gasteiger partial charge in [0, 0.05) is 11.6 Å². The first kappa shape index (κ1) is 19.3. The summed E-state index contributed by atoms with van der Waals surface area (Å²) in [5.74, 6) is 1.07. The lowest BCUT2D eigenvalue weighted by Gasteiger charge is -2.15. The Bertz CT molecular complexity index is 637. The molecule has 0 fully saturated rings. The highest BCUT2D eigenvalue weighted by atomic mass is 19.1. The molecule has 1 unspecified atom stereocenters. The summed E-state index contributed by atoms with van der Waals surface area (Å²) in [5.41, 5.74) is 1.40. The van der Waals surface area contributed by atoms with Crippen molar-refractivity contribution in [3.8, 4) is 22.6 Å². The van der Waals surface area contributed by atoms with Gasteiger partial charge in [0.15, 0.2) is 0 Å². The van der Waals surface area contributed by atoms with E-state index in [2.05, 4.69) is 13.8 Å². The maximum absolute atomic E-state index is 14.2. The van der Waals surface area contributed by atoms with Crippen LogP contribution in [-0.2, 0) is 0 Å². The van der Waals surface area contributed by atoms with Crippen LogP contribution in [0.25, 0.3) is 11.1 Å². The molecule has 25 heavy (non-hydrogen) atoms. The molecule has 0 amide bonds. The molecule has 2 aromatic carbocycles. The van der Waals surface area contributed by atoms with Gasteiger partial charge in [-0.05, 0) is 49.6 Å². The molecule has 2 rings (SSSR count). The number of ether oxygens (including phenoxy) is 2. The van der Waals surface area contributed by atoms with Crippen molar-refractivity contribution in [1.29, 1.82) is 0 Å². The summed E-state index contributed by atoms with van der Waals surface area (Å²) in [4.78, 5) is 0. The van der Waals surface area contributed by atoms with E-state index in [9.17, 15) is 4.39 Å². The van der Waals surface area contributed by atoms with Gasteiger partial charge in [-0.3, -0.25) is 0 Å². The predicted octanol–water partition coefficient (Wildman–Crippen LogP) is 6.63. The number of hydrogen-bond acceptors (Lipinski definition) is 2. The maximum atomic E-state index is 14.2. The fraction of sp³-hybridized carbons (Fsp3) is 0.455. The van der Waals surface area contributed by atoms with Crippen molar-refractivity contribution in [3.63, 3.8) is 0 Å².